The quantitative estimate of drug-likeness (QED) is 0.538. The summed E-state index contributed by atoms with van der Waals surface area (Å²) in [6, 6.07) is 9.48. The zero-order valence-corrected chi connectivity index (χ0v) is 12.8. The molecule has 1 heterocycles. The number of H-pyrrole nitrogens is 1. The van der Waals surface area contributed by atoms with Gasteiger partial charge >= 0.3 is 0 Å². The van der Waals surface area contributed by atoms with Gasteiger partial charge in [-0.3, -0.25) is 4.79 Å². The van der Waals surface area contributed by atoms with E-state index < -0.39 is 5.91 Å². The predicted molar refractivity (Wildman–Crippen MR) is 87.4 cm³/mol. The third kappa shape index (κ3) is 4.97. The number of aromatic nitrogens is 3. The van der Waals surface area contributed by atoms with Crippen molar-refractivity contribution in [3.63, 3.8) is 0 Å². The van der Waals surface area contributed by atoms with E-state index in [1.165, 1.54) is 18.1 Å². The Labute approximate surface area is 134 Å². The number of carbonyl (C=O) groups excluding carboxylic acids is 1. The summed E-state index contributed by atoms with van der Waals surface area (Å²) in [6.45, 7) is 2.15. The van der Waals surface area contributed by atoms with Gasteiger partial charge in [0.05, 0.1) is 0 Å². The third-order valence-electron chi connectivity index (χ3n) is 3.16. The first-order chi connectivity index (χ1) is 11.2. The smallest absolute Gasteiger partial charge is 0.267 e. The van der Waals surface area contributed by atoms with Gasteiger partial charge in [-0.15, -0.1) is 0 Å². The second-order valence-corrected chi connectivity index (χ2v) is 4.90. The zero-order valence-electron chi connectivity index (χ0n) is 12.8. The maximum Gasteiger partial charge on any atom is 0.267 e. The minimum atomic E-state index is -0.485. The largest absolute Gasteiger partial charge is 0.330 e. The first-order valence-corrected chi connectivity index (χ1v) is 7.35. The van der Waals surface area contributed by atoms with Gasteiger partial charge in [-0.1, -0.05) is 25.5 Å². The fourth-order valence-electron chi connectivity index (χ4n) is 1.90. The standard InChI is InChI=1S/C16H18N6O/c1-2-3-4-12-5-7-14(8-6-12)21-15(23)13(9-17)10-18-16-19-11-20-22-16/h5-8,10-11H,2-4H2,1H3,(H,21,23)(H2,18,19,20,22)/b13-10-. The van der Waals surface area contributed by atoms with Crippen molar-refractivity contribution in [1.29, 1.82) is 5.26 Å². The molecule has 1 amide bonds. The average molecular weight is 310 g/mol. The maximum absolute atomic E-state index is 12.1. The number of carbonyl (C=O) groups is 1. The number of unbranched alkanes of at least 4 members (excludes halogenated alkanes) is 1. The Balaban J connectivity index is 1.96. The number of nitriles is 1. The molecule has 23 heavy (non-hydrogen) atoms. The van der Waals surface area contributed by atoms with Gasteiger partial charge in [0.15, 0.2) is 0 Å². The number of hydrogen-bond donors (Lipinski definition) is 3. The van der Waals surface area contributed by atoms with Crippen molar-refractivity contribution < 1.29 is 4.79 Å². The molecular weight excluding hydrogens is 292 g/mol. The number of rotatable bonds is 7. The highest BCUT2D eigenvalue weighted by atomic mass is 16.1. The molecule has 0 aliphatic heterocycles. The predicted octanol–water partition coefficient (Wildman–Crippen LogP) is 2.61. The first-order valence-electron chi connectivity index (χ1n) is 7.35. The molecule has 7 heteroatoms. The van der Waals surface area contributed by atoms with Crippen LogP contribution in [0.25, 0.3) is 0 Å². The minimum Gasteiger partial charge on any atom is -0.330 e. The lowest BCUT2D eigenvalue weighted by molar-refractivity contribution is -0.112. The van der Waals surface area contributed by atoms with Gasteiger partial charge in [-0.2, -0.15) is 15.3 Å². The molecule has 2 rings (SSSR count). The van der Waals surface area contributed by atoms with Crippen LogP contribution in [0.5, 0.6) is 0 Å². The van der Waals surface area contributed by atoms with Crippen LogP contribution in [0.2, 0.25) is 0 Å². The highest BCUT2D eigenvalue weighted by Gasteiger charge is 2.09. The van der Waals surface area contributed by atoms with Crippen LogP contribution in [-0.4, -0.2) is 21.1 Å². The van der Waals surface area contributed by atoms with Crippen molar-refractivity contribution in [3.05, 3.63) is 47.9 Å². The molecule has 0 saturated carbocycles. The van der Waals surface area contributed by atoms with E-state index in [0.29, 0.717) is 11.6 Å². The number of hydrogen-bond acceptors (Lipinski definition) is 5. The van der Waals surface area contributed by atoms with Crippen molar-refractivity contribution in [2.45, 2.75) is 26.2 Å². The Morgan fingerprint density at radius 2 is 2.17 bits per heavy atom. The molecule has 0 spiro atoms. The van der Waals surface area contributed by atoms with Crippen LogP contribution in [0.4, 0.5) is 11.6 Å². The van der Waals surface area contributed by atoms with Crippen molar-refractivity contribution in [3.8, 4) is 6.07 Å². The summed E-state index contributed by atoms with van der Waals surface area (Å²) in [7, 11) is 0. The van der Waals surface area contributed by atoms with E-state index in [9.17, 15) is 4.79 Å². The third-order valence-corrected chi connectivity index (χ3v) is 3.16. The summed E-state index contributed by atoms with van der Waals surface area (Å²) in [5.41, 5.74) is 1.82. The van der Waals surface area contributed by atoms with Gasteiger partial charge in [0.1, 0.15) is 18.0 Å². The highest BCUT2D eigenvalue weighted by Crippen LogP contribution is 2.12. The van der Waals surface area contributed by atoms with E-state index in [-0.39, 0.29) is 5.57 Å². The van der Waals surface area contributed by atoms with E-state index in [0.717, 1.165) is 19.3 Å². The van der Waals surface area contributed by atoms with Crippen LogP contribution >= 0.6 is 0 Å². The van der Waals surface area contributed by atoms with E-state index in [1.807, 2.05) is 30.3 Å². The molecule has 0 bridgehead atoms. The second kappa shape index (κ2) is 8.34. The Kier molecular flexibility index (Phi) is 5.89. The van der Waals surface area contributed by atoms with Crippen LogP contribution in [-0.2, 0) is 11.2 Å². The number of nitrogens with zero attached hydrogens (tertiary/aromatic N) is 3. The molecule has 0 aliphatic rings. The van der Waals surface area contributed by atoms with Gasteiger partial charge < -0.3 is 10.6 Å². The van der Waals surface area contributed by atoms with E-state index in [1.54, 1.807) is 0 Å². The van der Waals surface area contributed by atoms with Crippen LogP contribution in [0, 0.1) is 11.3 Å². The van der Waals surface area contributed by atoms with Crippen LogP contribution < -0.4 is 10.6 Å². The summed E-state index contributed by atoms with van der Waals surface area (Å²) in [5, 5.41) is 20.7. The summed E-state index contributed by atoms with van der Waals surface area (Å²) in [6.07, 6.45) is 5.91. The molecule has 2 aromatic rings. The minimum absolute atomic E-state index is 0.0588. The molecule has 1 aromatic heterocycles. The van der Waals surface area contributed by atoms with Gasteiger partial charge in [-0.25, -0.2) is 5.10 Å². The fraction of sp³-hybridized carbons (Fsp3) is 0.250. The monoisotopic (exact) mass is 310 g/mol. The lowest BCUT2D eigenvalue weighted by Crippen LogP contribution is -2.14. The number of benzene rings is 1. The van der Waals surface area contributed by atoms with E-state index in [2.05, 4.69) is 32.7 Å². The van der Waals surface area contributed by atoms with Crippen molar-refractivity contribution in [2.75, 3.05) is 10.6 Å². The molecular formula is C16H18N6O. The number of aryl methyl sites for hydroxylation is 1. The van der Waals surface area contributed by atoms with Crippen LogP contribution in [0.1, 0.15) is 25.3 Å². The zero-order chi connectivity index (χ0) is 16.5. The number of aromatic amines is 1. The molecule has 0 fully saturated rings. The molecule has 7 nitrogen and oxygen atoms in total. The summed E-state index contributed by atoms with van der Waals surface area (Å²) in [4.78, 5) is 15.9. The summed E-state index contributed by atoms with van der Waals surface area (Å²) < 4.78 is 0. The number of nitrogens with one attached hydrogen (secondary N) is 3. The Morgan fingerprint density at radius 1 is 1.39 bits per heavy atom. The normalized spacial score (nSPS) is 10.9. The summed E-state index contributed by atoms with van der Waals surface area (Å²) in [5.74, 6) is -0.133. The van der Waals surface area contributed by atoms with Crippen molar-refractivity contribution >= 4 is 17.5 Å². The number of amides is 1. The lowest BCUT2D eigenvalue weighted by Gasteiger charge is -2.06. The van der Waals surface area contributed by atoms with Gasteiger partial charge in [-0.05, 0) is 30.5 Å². The SMILES string of the molecule is CCCCc1ccc(NC(=O)/C(C#N)=C\Nc2ncn[nH]2)cc1. The summed E-state index contributed by atoms with van der Waals surface area (Å²) >= 11 is 0. The molecule has 0 unspecified atom stereocenters. The first kappa shape index (κ1) is 16.2. The molecule has 0 atom stereocenters. The molecule has 0 saturated heterocycles. The van der Waals surface area contributed by atoms with E-state index in [4.69, 9.17) is 5.26 Å². The van der Waals surface area contributed by atoms with E-state index >= 15 is 0 Å². The Hall–Kier alpha value is -3.14. The molecule has 0 aliphatic carbocycles. The van der Waals surface area contributed by atoms with Gasteiger partial charge in [0, 0.05) is 11.9 Å². The van der Waals surface area contributed by atoms with Gasteiger partial charge in [0.2, 0.25) is 5.95 Å². The molecule has 0 radical (unpaired) electrons. The van der Waals surface area contributed by atoms with Gasteiger partial charge in [0.25, 0.3) is 5.91 Å². The Morgan fingerprint density at radius 3 is 2.78 bits per heavy atom. The average Bonchev–Trinajstić information content (AvgIpc) is 3.08. The van der Waals surface area contributed by atoms with Crippen molar-refractivity contribution in [1.82, 2.24) is 15.2 Å². The fourth-order valence-corrected chi connectivity index (χ4v) is 1.90. The van der Waals surface area contributed by atoms with Crippen LogP contribution in [0.3, 0.4) is 0 Å². The lowest BCUT2D eigenvalue weighted by atomic mass is 10.1. The maximum atomic E-state index is 12.1. The number of anilines is 2. The highest BCUT2D eigenvalue weighted by molar-refractivity contribution is 6.06. The molecule has 118 valence electrons. The second-order valence-electron chi connectivity index (χ2n) is 4.90. The van der Waals surface area contributed by atoms with Crippen molar-refractivity contribution in [2.24, 2.45) is 0 Å². The Bertz CT molecular complexity index is 697. The topological polar surface area (TPSA) is 106 Å². The molecule has 3 N–H and O–H groups in total. The van der Waals surface area contributed by atoms with Crippen LogP contribution in [0.15, 0.2) is 42.4 Å². The molecule has 1 aromatic carbocycles.